The summed E-state index contributed by atoms with van der Waals surface area (Å²) in [5.74, 6) is 0.427. The summed E-state index contributed by atoms with van der Waals surface area (Å²) >= 11 is 0. The van der Waals surface area contributed by atoms with Gasteiger partial charge in [-0.05, 0) is 17.7 Å². The number of methoxy groups -OCH3 is 2. The molecule has 0 saturated carbocycles. The zero-order chi connectivity index (χ0) is 13.5. The molecule has 5 nitrogen and oxygen atoms in total. The van der Waals surface area contributed by atoms with Crippen LogP contribution in [-0.4, -0.2) is 39.0 Å². The second-order valence-corrected chi connectivity index (χ2v) is 4.75. The standard InChI is InChI=1S/C14H16O5/c1-16-12-5-9-7-14(18-3-4-19-14)8-11(15)10(9)6-13(12)17-2/h5-6H,3-4,7-8H2,1-2H3. The van der Waals surface area contributed by atoms with Crippen LogP contribution in [0.5, 0.6) is 11.5 Å². The van der Waals surface area contributed by atoms with Gasteiger partial charge in [0.1, 0.15) is 0 Å². The summed E-state index contributed by atoms with van der Waals surface area (Å²) in [4.78, 5) is 12.3. The van der Waals surface area contributed by atoms with E-state index in [1.165, 1.54) is 0 Å². The lowest BCUT2D eigenvalue weighted by molar-refractivity contribution is -0.154. The molecule has 0 amide bonds. The Morgan fingerprint density at radius 2 is 1.68 bits per heavy atom. The number of fused-ring (bicyclic) bond motifs is 1. The lowest BCUT2D eigenvalue weighted by Gasteiger charge is -2.32. The first-order valence-electron chi connectivity index (χ1n) is 6.23. The van der Waals surface area contributed by atoms with Crippen molar-refractivity contribution in [3.8, 4) is 11.5 Å². The third-order valence-electron chi connectivity index (χ3n) is 3.61. The monoisotopic (exact) mass is 264 g/mol. The number of rotatable bonds is 2. The highest BCUT2D eigenvalue weighted by Gasteiger charge is 2.43. The van der Waals surface area contributed by atoms with Gasteiger partial charge in [-0.25, -0.2) is 0 Å². The topological polar surface area (TPSA) is 54.0 Å². The van der Waals surface area contributed by atoms with Crippen molar-refractivity contribution >= 4 is 5.78 Å². The number of hydrogen-bond acceptors (Lipinski definition) is 5. The molecule has 1 aliphatic heterocycles. The van der Waals surface area contributed by atoms with Gasteiger partial charge in [-0.15, -0.1) is 0 Å². The third-order valence-corrected chi connectivity index (χ3v) is 3.61. The van der Waals surface area contributed by atoms with Gasteiger partial charge >= 0.3 is 0 Å². The predicted octanol–water partition coefficient (Wildman–Crippen LogP) is 1.58. The Kier molecular flexibility index (Phi) is 2.95. The molecule has 5 heteroatoms. The molecule has 0 atom stereocenters. The largest absolute Gasteiger partial charge is 0.493 e. The normalized spacial score (nSPS) is 20.4. The van der Waals surface area contributed by atoms with Gasteiger partial charge in [0.15, 0.2) is 23.1 Å². The van der Waals surface area contributed by atoms with Crippen molar-refractivity contribution in [2.24, 2.45) is 0 Å². The number of hydrogen-bond donors (Lipinski definition) is 0. The molecule has 1 aromatic carbocycles. The summed E-state index contributed by atoms with van der Waals surface area (Å²) in [6.45, 7) is 1.08. The maximum atomic E-state index is 12.3. The smallest absolute Gasteiger partial charge is 0.179 e. The molecule has 0 bridgehead atoms. The molecule has 19 heavy (non-hydrogen) atoms. The van der Waals surface area contributed by atoms with Crippen LogP contribution in [0, 0.1) is 0 Å². The van der Waals surface area contributed by atoms with Gasteiger partial charge in [-0.2, -0.15) is 0 Å². The Bertz CT molecular complexity index is 517. The van der Waals surface area contributed by atoms with Crippen LogP contribution in [0.25, 0.3) is 0 Å². The van der Waals surface area contributed by atoms with E-state index in [-0.39, 0.29) is 12.2 Å². The third kappa shape index (κ3) is 1.99. The van der Waals surface area contributed by atoms with Crippen molar-refractivity contribution in [2.75, 3.05) is 27.4 Å². The lowest BCUT2D eigenvalue weighted by Crippen LogP contribution is -2.39. The number of carbonyl (C=O) groups is 1. The molecular weight excluding hydrogens is 248 g/mol. The van der Waals surface area contributed by atoms with Crippen molar-refractivity contribution in [3.63, 3.8) is 0 Å². The highest BCUT2D eigenvalue weighted by molar-refractivity contribution is 6.00. The van der Waals surface area contributed by atoms with Gasteiger partial charge < -0.3 is 18.9 Å². The van der Waals surface area contributed by atoms with Gasteiger partial charge in [0.25, 0.3) is 0 Å². The average molecular weight is 264 g/mol. The van der Waals surface area contributed by atoms with Gasteiger partial charge in [-0.3, -0.25) is 4.79 Å². The van der Waals surface area contributed by atoms with E-state index in [0.717, 1.165) is 5.56 Å². The number of carbonyl (C=O) groups excluding carboxylic acids is 1. The van der Waals surface area contributed by atoms with Gasteiger partial charge in [0.05, 0.1) is 33.9 Å². The highest BCUT2D eigenvalue weighted by atomic mass is 16.7. The molecule has 1 fully saturated rings. The van der Waals surface area contributed by atoms with Gasteiger partial charge in [0, 0.05) is 12.0 Å². The number of ether oxygens (including phenoxy) is 4. The van der Waals surface area contributed by atoms with E-state index in [9.17, 15) is 4.79 Å². The Labute approximate surface area is 111 Å². The fraction of sp³-hybridized carbons (Fsp3) is 0.500. The number of Topliss-reactive ketones (excluding diaryl/α,β-unsaturated/α-hetero) is 1. The minimum atomic E-state index is -0.774. The second kappa shape index (κ2) is 4.51. The highest BCUT2D eigenvalue weighted by Crippen LogP contribution is 2.39. The first-order valence-corrected chi connectivity index (χ1v) is 6.23. The van der Waals surface area contributed by atoms with Crippen LogP contribution in [0.2, 0.25) is 0 Å². The molecule has 1 heterocycles. The molecule has 1 aliphatic carbocycles. The van der Waals surface area contributed by atoms with Crippen molar-refractivity contribution < 1.29 is 23.7 Å². The molecule has 0 radical (unpaired) electrons. The minimum Gasteiger partial charge on any atom is -0.493 e. The summed E-state index contributed by atoms with van der Waals surface area (Å²) in [6.07, 6.45) is 0.823. The van der Waals surface area contributed by atoms with Crippen LogP contribution in [0.3, 0.4) is 0 Å². The van der Waals surface area contributed by atoms with E-state index in [1.807, 2.05) is 6.07 Å². The van der Waals surface area contributed by atoms with Crippen LogP contribution in [0.1, 0.15) is 22.3 Å². The first-order chi connectivity index (χ1) is 9.17. The summed E-state index contributed by atoms with van der Waals surface area (Å²) in [5, 5.41) is 0. The summed E-state index contributed by atoms with van der Waals surface area (Å²) < 4.78 is 21.7. The molecule has 1 aromatic rings. The second-order valence-electron chi connectivity index (χ2n) is 4.75. The Hall–Kier alpha value is -1.59. The Morgan fingerprint density at radius 1 is 1.05 bits per heavy atom. The summed E-state index contributed by atoms with van der Waals surface area (Å²) in [5.41, 5.74) is 1.55. The zero-order valence-corrected chi connectivity index (χ0v) is 11.0. The average Bonchev–Trinajstić information content (AvgIpc) is 2.85. The van der Waals surface area contributed by atoms with Crippen LogP contribution in [0.15, 0.2) is 12.1 Å². The van der Waals surface area contributed by atoms with Crippen LogP contribution in [-0.2, 0) is 15.9 Å². The van der Waals surface area contributed by atoms with Crippen molar-refractivity contribution in [3.05, 3.63) is 23.3 Å². The maximum absolute atomic E-state index is 12.3. The van der Waals surface area contributed by atoms with E-state index < -0.39 is 5.79 Å². The number of ketones is 1. The first kappa shape index (κ1) is 12.4. The van der Waals surface area contributed by atoms with E-state index in [2.05, 4.69) is 0 Å². The van der Waals surface area contributed by atoms with Crippen LogP contribution >= 0.6 is 0 Å². The molecule has 0 N–H and O–H groups in total. The van der Waals surface area contributed by atoms with Crippen molar-refractivity contribution in [2.45, 2.75) is 18.6 Å². The molecule has 2 aliphatic rings. The van der Waals surface area contributed by atoms with E-state index in [0.29, 0.717) is 36.7 Å². The van der Waals surface area contributed by atoms with Gasteiger partial charge in [0.2, 0.25) is 0 Å². The van der Waals surface area contributed by atoms with E-state index >= 15 is 0 Å². The van der Waals surface area contributed by atoms with Crippen molar-refractivity contribution in [1.29, 1.82) is 0 Å². The fourth-order valence-corrected chi connectivity index (χ4v) is 2.72. The molecule has 1 spiro atoms. The van der Waals surface area contributed by atoms with Gasteiger partial charge in [-0.1, -0.05) is 0 Å². The molecule has 0 unspecified atom stereocenters. The predicted molar refractivity (Wildman–Crippen MR) is 66.8 cm³/mol. The fourth-order valence-electron chi connectivity index (χ4n) is 2.72. The SMILES string of the molecule is COc1cc2c(cc1OC)C(=O)CC1(C2)OCCO1. The Morgan fingerprint density at radius 3 is 2.32 bits per heavy atom. The van der Waals surface area contributed by atoms with E-state index in [1.54, 1.807) is 20.3 Å². The number of benzene rings is 1. The maximum Gasteiger partial charge on any atom is 0.179 e. The van der Waals surface area contributed by atoms with Crippen LogP contribution in [0.4, 0.5) is 0 Å². The van der Waals surface area contributed by atoms with Crippen LogP contribution < -0.4 is 9.47 Å². The molecule has 0 aromatic heterocycles. The zero-order valence-electron chi connectivity index (χ0n) is 11.0. The van der Waals surface area contributed by atoms with E-state index in [4.69, 9.17) is 18.9 Å². The Balaban J connectivity index is 2.04. The molecule has 102 valence electrons. The quantitative estimate of drug-likeness (QED) is 0.811. The van der Waals surface area contributed by atoms with Crippen molar-refractivity contribution in [1.82, 2.24) is 0 Å². The molecule has 3 rings (SSSR count). The minimum absolute atomic E-state index is 0.0177. The molecule has 1 saturated heterocycles. The summed E-state index contributed by atoms with van der Waals surface area (Å²) in [7, 11) is 3.13. The summed E-state index contributed by atoms with van der Waals surface area (Å²) in [6, 6.07) is 3.57. The lowest BCUT2D eigenvalue weighted by atomic mass is 9.86. The molecular formula is C14H16O5.